The molecule has 0 heterocycles. The number of aliphatic hydroxyl groups excluding tert-OH is 1. The SMILES string of the molecule is CCOC1CC(CO)(NC(=O)C(C)c2c(F)cccc2F)C1(C)C. The summed E-state index contributed by atoms with van der Waals surface area (Å²) in [7, 11) is 0. The zero-order valence-corrected chi connectivity index (χ0v) is 14.5. The maximum Gasteiger partial charge on any atom is 0.228 e. The van der Waals surface area contributed by atoms with Crippen molar-refractivity contribution in [2.75, 3.05) is 13.2 Å². The van der Waals surface area contributed by atoms with E-state index in [-0.39, 0.29) is 18.3 Å². The number of aliphatic hydroxyl groups is 1. The molecule has 6 heteroatoms. The topological polar surface area (TPSA) is 58.6 Å². The Morgan fingerprint density at radius 3 is 2.46 bits per heavy atom. The zero-order valence-electron chi connectivity index (χ0n) is 14.5. The highest BCUT2D eigenvalue weighted by Gasteiger charge is 2.61. The van der Waals surface area contributed by atoms with Gasteiger partial charge in [0.1, 0.15) is 11.6 Å². The molecular weight excluding hydrogens is 316 g/mol. The Morgan fingerprint density at radius 2 is 2.00 bits per heavy atom. The molecule has 2 rings (SSSR count). The van der Waals surface area contributed by atoms with E-state index in [1.165, 1.54) is 13.0 Å². The van der Waals surface area contributed by atoms with Gasteiger partial charge in [-0.15, -0.1) is 0 Å². The second-order valence-electron chi connectivity index (χ2n) is 6.96. The van der Waals surface area contributed by atoms with Gasteiger partial charge in [-0.05, 0) is 26.0 Å². The Bertz CT molecular complexity index is 600. The van der Waals surface area contributed by atoms with Gasteiger partial charge in [0.25, 0.3) is 0 Å². The minimum atomic E-state index is -1.00. The molecule has 3 unspecified atom stereocenters. The summed E-state index contributed by atoms with van der Waals surface area (Å²) < 4.78 is 33.4. The fourth-order valence-corrected chi connectivity index (χ4v) is 3.40. The average molecular weight is 341 g/mol. The molecule has 0 radical (unpaired) electrons. The summed E-state index contributed by atoms with van der Waals surface area (Å²) in [6.07, 6.45) is 0.373. The van der Waals surface area contributed by atoms with Crippen LogP contribution in [0.3, 0.4) is 0 Å². The number of amides is 1. The number of benzene rings is 1. The van der Waals surface area contributed by atoms with Crippen molar-refractivity contribution in [3.63, 3.8) is 0 Å². The maximum absolute atomic E-state index is 13.9. The van der Waals surface area contributed by atoms with Gasteiger partial charge in [-0.25, -0.2) is 8.78 Å². The molecule has 1 fully saturated rings. The van der Waals surface area contributed by atoms with Crippen LogP contribution in [0, 0.1) is 17.0 Å². The largest absolute Gasteiger partial charge is 0.394 e. The van der Waals surface area contributed by atoms with Crippen LogP contribution in [0.2, 0.25) is 0 Å². The van der Waals surface area contributed by atoms with Crippen molar-refractivity contribution in [3.05, 3.63) is 35.4 Å². The van der Waals surface area contributed by atoms with Gasteiger partial charge in [0.05, 0.1) is 24.2 Å². The fraction of sp³-hybridized carbons (Fsp3) is 0.611. The molecule has 2 N–H and O–H groups in total. The van der Waals surface area contributed by atoms with Crippen LogP contribution in [-0.2, 0) is 9.53 Å². The van der Waals surface area contributed by atoms with Crippen molar-refractivity contribution in [2.45, 2.75) is 51.7 Å². The molecule has 0 saturated heterocycles. The second-order valence-corrected chi connectivity index (χ2v) is 6.96. The van der Waals surface area contributed by atoms with Gasteiger partial charge in [0, 0.05) is 24.0 Å². The van der Waals surface area contributed by atoms with Crippen molar-refractivity contribution in [2.24, 2.45) is 5.41 Å². The van der Waals surface area contributed by atoms with Crippen molar-refractivity contribution >= 4 is 5.91 Å². The lowest BCUT2D eigenvalue weighted by atomic mass is 9.54. The summed E-state index contributed by atoms with van der Waals surface area (Å²) in [5.74, 6) is -3.03. The molecule has 0 spiro atoms. The van der Waals surface area contributed by atoms with Crippen LogP contribution in [0.15, 0.2) is 18.2 Å². The van der Waals surface area contributed by atoms with Crippen LogP contribution in [0.5, 0.6) is 0 Å². The molecule has 0 aliphatic heterocycles. The summed E-state index contributed by atoms with van der Waals surface area (Å²) in [5.41, 5.74) is -1.61. The Morgan fingerprint density at radius 1 is 1.42 bits per heavy atom. The van der Waals surface area contributed by atoms with Gasteiger partial charge >= 0.3 is 0 Å². The molecule has 0 bridgehead atoms. The third kappa shape index (κ3) is 2.93. The first-order valence-corrected chi connectivity index (χ1v) is 8.18. The molecule has 3 atom stereocenters. The van der Waals surface area contributed by atoms with E-state index < -0.39 is 34.4 Å². The summed E-state index contributed by atoms with van der Waals surface area (Å²) in [5, 5.41) is 12.7. The Labute approximate surface area is 141 Å². The summed E-state index contributed by atoms with van der Waals surface area (Å²) in [6, 6.07) is 3.51. The Hall–Kier alpha value is -1.53. The highest BCUT2D eigenvalue weighted by Crippen LogP contribution is 2.51. The van der Waals surface area contributed by atoms with E-state index in [1.807, 2.05) is 20.8 Å². The number of ether oxygens (including phenoxy) is 1. The van der Waals surface area contributed by atoms with Gasteiger partial charge < -0.3 is 15.2 Å². The van der Waals surface area contributed by atoms with E-state index in [2.05, 4.69) is 5.32 Å². The normalized spacial score (nSPS) is 26.5. The van der Waals surface area contributed by atoms with Crippen LogP contribution in [0.25, 0.3) is 0 Å². The summed E-state index contributed by atoms with van der Waals surface area (Å²) in [4.78, 5) is 12.6. The molecule has 134 valence electrons. The zero-order chi connectivity index (χ0) is 18.1. The number of carbonyl (C=O) groups excluding carboxylic acids is 1. The summed E-state index contributed by atoms with van der Waals surface area (Å²) in [6.45, 7) is 7.43. The van der Waals surface area contributed by atoms with Crippen molar-refractivity contribution in [3.8, 4) is 0 Å². The Balaban J connectivity index is 2.19. The maximum atomic E-state index is 13.9. The Kier molecular flexibility index (Phi) is 5.30. The number of nitrogens with one attached hydrogen (secondary N) is 1. The lowest BCUT2D eigenvalue weighted by Gasteiger charge is -2.60. The van der Waals surface area contributed by atoms with Crippen LogP contribution in [0.1, 0.15) is 45.6 Å². The molecule has 1 saturated carbocycles. The third-order valence-electron chi connectivity index (χ3n) is 5.40. The van der Waals surface area contributed by atoms with Crippen molar-refractivity contribution in [1.29, 1.82) is 0 Å². The first-order chi connectivity index (χ1) is 11.2. The number of carbonyl (C=O) groups is 1. The van der Waals surface area contributed by atoms with E-state index in [1.54, 1.807) is 0 Å². The van der Waals surface area contributed by atoms with Gasteiger partial charge in [0.15, 0.2) is 0 Å². The predicted octanol–water partition coefficient (Wildman–Crippen LogP) is 2.75. The van der Waals surface area contributed by atoms with Gasteiger partial charge in [-0.1, -0.05) is 19.9 Å². The monoisotopic (exact) mass is 341 g/mol. The van der Waals surface area contributed by atoms with E-state index in [9.17, 15) is 18.7 Å². The lowest BCUT2D eigenvalue weighted by molar-refractivity contribution is -0.181. The van der Waals surface area contributed by atoms with Crippen LogP contribution in [-0.4, -0.2) is 35.9 Å². The molecule has 4 nitrogen and oxygen atoms in total. The standard InChI is InChI=1S/C18H25F2NO3/c1-5-24-14-9-18(10-22,17(14,3)4)21-16(23)11(2)15-12(19)7-6-8-13(15)20/h6-8,11,14,22H,5,9-10H2,1-4H3,(H,21,23). The van der Waals surface area contributed by atoms with E-state index >= 15 is 0 Å². The van der Waals surface area contributed by atoms with Gasteiger partial charge in [-0.3, -0.25) is 4.79 Å². The second kappa shape index (κ2) is 6.76. The summed E-state index contributed by atoms with van der Waals surface area (Å²) >= 11 is 0. The minimum absolute atomic E-state index is 0.0875. The van der Waals surface area contributed by atoms with Crippen LogP contribution >= 0.6 is 0 Å². The van der Waals surface area contributed by atoms with Crippen molar-refractivity contribution in [1.82, 2.24) is 5.32 Å². The predicted molar refractivity (Wildman–Crippen MR) is 86.5 cm³/mol. The average Bonchev–Trinajstić information content (AvgIpc) is 2.53. The fourth-order valence-electron chi connectivity index (χ4n) is 3.40. The molecule has 24 heavy (non-hydrogen) atoms. The van der Waals surface area contributed by atoms with E-state index in [0.717, 1.165) is 12.1 Å². The number of hydrogen-bond donors (Lipinski definition) is 2. The minimum Gasteiger partial charge on any atom is -0.394 e. The first-order valence-electron chi connectivity index (χ1n) is 8.18. The van der Waals surface area contributed by atoms with E-state index in [4.69, 9.17) is 4.74 Å². The van der Waals surface area contributed by atoms with Gasteiger partial charge in [-0.2, -0.15) is 0 Å². The molecule has 1 aromatic carbocycles. The van der Waals surface area contributed by atoms with E-state index in [0.29, 0.717) is 13.0 Å². The lowest BCUT2D eigenvalue weighted by Crippen LogP contribution is -2.74. The molecule has 1 aliphatic carbocycles. The molecule has 0 aromatic heterocycles. The molecule has 1 amide bonds. The number of halogens is 2. The van der Waals surface area contributed by atoms with Crippen LogP contribution in [0.4, 0.5) is 8.78 Å². The number of rotatable bonds is 6. The molecule has 1 aromatic rings. The van der Waals surface area contributed by atoms with Crippen molar-refractivity contribution < 1.29 is 23.4 Å². The quantitative estimate of drug-likeness (QED) is 0.836. The number of hydrogen-bond acceptors (Lipinski definition) is 3. The van der Waals surface area contributed by atoms with Crippen LogP contribution < -0.4 is 5.32 Å². The highest BCUT2D eigenvalue weighted by molar-refractivity contribution is 5.84. The first kappa shape index (κ1) is 18.8. The third-order valence-corrected chi connectivity index (χ3v) is 5.40. The highest BCUT2D eigenvalue weighted by atomic mass is 19.1. The van der Waals surface area contributed by atoms with Gasteiger partial charge in [0.2, 0.25) is 5.91 Å². The smallest absolute Gasteiger partial charge is 0.228 e. The molecule has 1 aliphatic rings. The molecular formula is C18H25F2NO3.